The molecule has 44 heavy (non-hydrogen) atoms. The number of hydrogen-bond donors (Lipinski definition) is 0. The van der Waals surface area contributed by atoms with E-state index in [1.54, 1.807) is 0 Å². The third kappa shape index (κ3) is 3.64. The highest BCUT2D eigenvalue weighted by Crippen LogP contribution is 2.55. The van der Waals surface area contributed by atoms with Gasteiger partial charge in [0.1, 0.15) is 45.4 Å². The average molecular weight is 573 g/mol. The summed E-state index contributed by atoms with van der Waals surface area (Å²) in [5.41, 5.74) is 3.96. The summed E-state index contributed by atoms with van der Waals surface area (Å²) in [6, 6.07) is 41.1. The minimum atomic E-state index is -0.702. The molecule has 2 atom stereocenters. The standard InChI is InChI=1S/C40H28O4/c1-39(37-21-27-13-5-9-17-33(27)43-37)23-30(36-20-26-12-4-8-16-32(26)42-36)40(2,38-22-28-14-6-10-18-34(28)44-38)24-29(39)35-19-25-11-3-7-15-31(25)41-35/h3-24H,1-2H3. The van der Waals surface area contributed by atoms with Crippen LogP contribution in [0.2, 0.25) is 0 Å². The number of rotatable bonds is 4. The Balaban J connectivity index is 1.36. The molecular formula is C40H28O4. The second-order valence-electron chi connectivity index (χ2n) is 12.1. The number of fused-ring (bicyclic) bond motifs is 4. The Bertz CT molecular complexity index is 2140. The van der Waals surface area contributed by atoms with Gasteiger partial charge in [0, 0.05) is 32.7 Å². The molecule has 0 N–H and O–H groups in total. The van der Waals surface area contributed by atoms with Gasteiger partial charge in [-0.3, -0.25) is 0 Å². The molecule has 0 saturated carbocycles. The monoisotopic (exact) mass is 572 g/mol. The summed E-state index contributed by atoms with van der Waals surface area (Å²) in [7, 11) is 0. The third-order valence-corrected chi connectivity index (χ3v) is 9.24. The largest absolute Gasteiger partial charge is 0.460 e. The molecule has 8 aromatic rings. The molecule has 4 nitrogen and oxygen atoms in total. The third-order valence-electron chi connectivity index (χ3n) is 9.24. The molecule has 1 aliphatic rings. The van der Waals surface area contributed by atoms with Gasteiger partial charge in [-0.25, -0.2) is 0 Å². The Morgan fingerprint density at radius 2 is 0.705 bits per heavy atom. The molecule has 0 spiro atoms. The first-order valence-electron chi connectivity index (χ1n) is 14.9. The maximum Gasteiger partial charge on any atom is 0.134 e. The van der Waals surface area contributed by atoms with Crippen molar-refractivity contribution in [3.05, 3.63) is 157 Å². The SMILES string of the molecule is CC1(c2cc3ccccc3o2)C=C(c2cc3ccccc3o2)C(C)(c2cc3ccccc3o2)C=C1c1cc2ccccc2o1. The zero-order chi connectivity index (χ0) is 29.5. The van der Waals surface area contributed by atoms with Gasteiger partial charge in [0.15, 0.2) is 0 Å². The Labute approximate surface area is 253 Å². The number of hydrogen-bond acceptors (Lipinski definition) is 4. The van der Waals surface area contributed by atoms with Crippen LogP contribution in [0.15, 0.2) is 151 Å². The van der Waals surface area contributed by atoms with E-state index in [2.05, 4.69) is 74.5 Å². The highest BCUT2D eigenvalue weighted by atomic mass is 16.4. The molecule has 1 aliphatic carbocycles. The Hall–Kier alpha value is -5.48. The molecule has 0 radical (unpaired) electrons. The molecule has 0 saturated heterocycles. The lowest BCUT2D eigenvalue weighted by Gasteiger charge is -2.38. The molecular weight excluding hydrogens is 544 g/mol. The molecule has 4 heterocycles. The van der Waals surface area contributed by atoms with Gasteiger partial charge in [-0.1, -0.05) is 84.9 Å². The Morgan fingerprint density at radius 3 is 1.05 bits per heavy atom. The lowest BCUT2D eigenvalue weighted by Crippen LogP contribution is -2.33. The van der Waals surface area contributed by atoms with Crippen molar-refractivity contribution in [1.29, 1.82) is 0 Å². The number of allylic oxidation sites excluding steroid dienone is 4. The molecule has 4 aromatic heterocycles. The molecule has 2 unspecified atom stereocenters. The van der Waals surface area contributed by atoms with Crippen LogP contribution in [0.4, 0.5) is 0 Å². The summed E-state index contributed by atoms with van der Waals surface area (Å²) < 4.78 is 26.4. The van der Waals surface area contributed by atoms with Crippen LogP contribution in [0.5, 0.6) is 0 Å². The van der Waals surface area contributed by atoms with Crippen molar-refractivity contribution < 1.29 is 17.7 Å². The van der Waals surface area contributed by atoms with E-state index >= 15 is 0 Å². The molecule has 4 heteroatoms. The van der Waals surface area contributed by atoms with E-state index in [-0.39, 0.29) is 0 Å². The predicted octanol–water partition coefficient (Wildman–Crippen LogP) is 11.1. The van der Waals surface area contributed by atoms with Gasteiger partial charge >= 0.3 is 0 Å². The molecule has 0 aliphatic heterocycles. The first-order valence-corrected chi connectivity index (χ1v) is 14.9. The molecule has 0 amide bonds. The molecule has 212 valence electrons. The lowest BCUT2D eigenvalue weighted by molar-refractivity contribution is 0.461. The fourth-order valence-corrected chi connectivity index (χ4v) is 6.80. The van der Waals surface area contributed by atoms with Gasteiger partial charge in [0.05, 0.1) is 10.8 Å². The van der Waals surface area contributed by atoms with Crippen molar-refractivity contribution in [3.63, 3.8) is 0 Å². The predicted molar refractivity (Wildman–Crippen MR) is 176 cm³/mol. The quantitative estimate of drug-likeness (QED) is 0.210. The fraction of sp³-hybridized carbons (Fsp3) is 0.100. The van der Waals surface area contributed by atoms with Gasteiger partial charge in [-0.05, 0) is 62.4 Å². The second kappa shape index (κ2) is 9.01. The minimum Gasteiger partial charge on any atom is -0.460 e. The van der Waals surface area contributed by atoms with E-state index in [9.17, 15) is 0 Å². The first kappa shape index (κ1) is 25.1. The van der Waals surface area contributed by atoms with Gasteiger partial charge in [-0.15, -0.1) is 0 Å². The summed E-state index contributed by atoms with van der Waals surface area (Å²) in [5.74, 6) is 3.23. The van der Waals surface area contributed by atoms with Crippen molar-refractivity contribution >= 4 is 55.0 Å². The van der Waals surface area contributed by atoms with E-state index in [1.165, 1.54) is 0 Å². The fourth-order valence-electron chi connectivity index (χ4n) is 6.80. The van der Waals surface area contributed by atoms with Crippen LogP contribution in [0.25, 0.3) is 55.0 Å². The van der Waals surface area contributed by atoms with Crippen LogP contribution in [-0.4, -0.2) is 0 Å². The maximum atomic E-state index is 6.62. The van der Waals surface area contributed by atoms with E-state index < -0.39 is 10.8 Å². The number of para-hydroxylation sites is 4. The second-order valence-corrected chi connectivity index (χ2v) is 12.1. The van der Waals surface area contributed by atoms with Gasteiger partial charge in [-0.2, -0.15) is 0 Å². The minimum absolute atomic E-state index is 0.702. The van der Waals surface area contributed by atoms with Crippen molar-refractivity contribution in [3.8, 4) is 0 Å². The summed E-state index contributed by atoms with van der Waals surface area (Å²) in [4.78, 5) is 0. The van der Waals surface area contributed by atoms with Crippen LogP contribution >= 0.6 is 0 Å². The van der Waals surface area contributed by atoms with Crippen LogP contribution in [0.3, 0.4) is 0 Å². The maximum absolute atomic E-state index is 6.62. The summed E-state index contributed by atoms with van der Waals surface area (Å²) in [5, 5.41) is 4.20. The summed E-state index contributed by atoms with van der Waals surface area (Å²) >= 11 is 0. The Kier molecular flexibility index (Phi) is 5.13. The molecule has 4 aromatic carbocycles. The van der Waals surface area contributed by atoms with Crippen LogP contribution in [-0.2, 0) is 10.8 Å². The number of benzene rings is 4. The molecule has 9 rings (SSSR count). The van der Waals surface area contributed by atoms with E-state index in [1.807, 2.05) is 72.8 Å². The van der Waals surface area contributed by atoms with Crippen LogP contribution in [0, 0.1) is 0 Å². The lowest BCUT2D eigenvalue weighted by atomic mass is 9.64. The van der Waals surface area contributed by atoms with E-state index in [0.717, 1.165) is 78.1 Å². The summed E-state index contributed by atoms with van der Waals surface area (Å²) in [6.45, 7) is 4.40. The van der Waals surface area contributed by atoms with Crippen molar-refractivity contribution in [2.24, 2.45) is 0 Å². The normalized spacial score (nSPS) is 20.5. The number of furan rings is 4. The zero-order valence-electron chi connectivity index (χ0n) is 24.3. The highest BCUT2D eigenvalue weighted by Gasteiger charge is 2.47. The first-order chi connectivity index (χ1) is 21.5. The van der Waals surface area contributed by atoms with E-state index in [0.29, 0.717) is 0 Å². The molecule has 0 fully saturated rings. The smallest absolute Gasteiger partial charge is 0.134 e. The van der Waals surface area contributed by atoms with Crippen molar-refractivity contribution in [2.75, 3.05) is 0 Å². The van der Waals surface area contributed by atoms with Gasteiger partial charge in [0.25, 0.3) is 0 Å². The van der Waals surface area contributed by atoms with Crippen molar-refractivity contribution in [2.45, 2.75) is 24.7 Å². The van der Waals surface area contributed by atoms with Crippen LogP contribution in [0.1, 0.15) is 36.9 Å². The average Bonchev–Trinajstić information content (AvgIpc) is 3.85. The van der Waals surface area contributed by atoms with Crippen LogP contribution < -0.4 is 0 Å². The van der Waals surface area contributed by atoms with Gasteiger partial charge < -0.3 is 17.7 Å². The van der Waals surface area contributed by atoms with Crippen molar-refractivity contribution in [1.82, 2.24) is 0 Å². The molecule has 0 bridgehead atoms. The van der Waals surface area contributed by atoms with Gasteiger partial charge in [0.2, 0.25) is 0 Å². The summed E-state index contributed by atoms with van der Waals surface area (Å²) in [6.07, 6.45) is 4.58. The highest BCUT2D eigenvalue weighted by molar-refractivity contribution is 5.95. The Morgan fingerprint density at radius 1 is 0.386 bits per heavy atom. The zero-order valence-corrected chi connectivity index (χ0v) is 24.3. The topological polar surface area (TPSA) is 52.6 Å². The van der Waals surface area contributed by atoms with E-state index in [4.69, 9.17) is 17.7 Å².